The van der Waals surface area contributed by atoms with E-state index in [-0.39, 0.29) is 56.5 Å². The fourth-order valence-electron chi connectivity index (χ4n) is 1.44. The van der Waals surface area contributed by atoms with Gasteiger partial charge in [0.15, 0.2) is 23.1 Å². The molecule has 120 valence electrons. The summed E-state index contributed by atoms with van der Waals surface area (Å²) in [5.74, 6) is 0.212. The second kappa shape index (κ2) is 12.6. The van der Waals surface area contributed by atoms with Gasteiger partial charge in [-0.25, -0.2) is 0 Å². The third-order valence-corrected chi connectivity index (χ3v) is 3.13. The third kappa shape index (κ3) is 7.52. The number of hydrogen-bond acceptors (Lipinski definition) is 5. The Hall–Kier alpha value is -0.820. The SMILES string of the molecule is Nc1cccc(Cl)c1CO.Nc1cccc(Cl)c1OC=O.[AlH3].[H-].[Li+]. The van der Waals surface area contributed by atoms with Crippen LogP contribution < -0.4 is 35.1 Å². The van der Waals surface area contributed by atoms with Crippen molar-refractivity contribution in [3.8, 4) is 5.75 Å². The summed E-state index contributed by atoms with van der Waals surface area (Å²) in [7, 11) is 0. The predicted octanol–water partition coefficient (Wildman–Crippen LogP) is -1.20. The number of hydrogen-bond donors (Lipinski definition) is 3. The topological polar surface area (TPSA) is 98.6 Å². The van der Waals surface area contributed by atoms with Crippen molar-refractivity contribution in [3.05, 3.63) is 52.0 Å². The van der Waals surface area contributed by atoms with Crippen LogP contribution in [0.1, 0.15) is 6.99 Å². The van der Waals surface area contributed by atoms with Crippen molar-refractivity contribution in [1.29, 1.82) is 0 Å². The van der Waals surface area contributed by atoms with Crippen LogP contribution in [0.25, 0.3) is 0 Å². The van der Waals surface area contributed by atoms with E-state index in [1.165, 1.54) is 0 Å². The molecular formula is C14H18AlCl2LiN2O3. The Bertz CT molecular complexity index is 598. The van der Waals surface area contributed by atoms with E-state index in [0.29, 0.717) is 27.0 Å². The Labute approximate surface area is 168 Å². The summed E-state index contributed by atoms with van der Waals surface area (Å²) in [4.78, 5) is 9.94. The Morgan fingerprint density at radius 2 is 1.61 bits per heavy atom. The van der Waals surface area contributed by atoms with E-state index >= 15 is 0 Å². The first kappa shape index (κ1) is 24.4. The summed E-state index contributed by atoms with van der Waals surface area (Å²) >= 11 is 11.3. The number of anilines is 2. The van der Waals surface area contributed by atoms with Crippen molar-refractivity contribution in [2.45, 2.75) is 6.61 Å². The number of benzene rings is 2. The molecule has 0 aliphatic carbocycles. The minimum Gasteiger partial charge on any atom is -1.00 e. The molecule has 23 heavy (non-hydrogen) atoms. The van der Waals surface area contributed by atoms with E-state index < -0.39 is 0 Å². The zero-order chi connectivity index (χ0) is 15.8. The summed E-state index contributed by atoms with van der Waals surface area (Å²) in [6.45, 7) is 0.184. The minimum absolute atomic E-state index is 0. The van der Waals surface area contributed by atoms with E-state index in [2.05, 4.69) is 4.74 Å². The maximum Gasteiger partial charge on any atom is 1.00 e. The van der Waals surface area contributed by atoms with Crippen LogP contribution in [0.15, 0.2) is 36.4 Å². The summed E-state index contributed by atoms with van der Waals surface area (Å²) in [5.41, 5.74) is 12.4. The van der Waals surface area contributed by atoms with Gasteiger partial charge in [0.1, 0.15) is 0 Å². The maximum absolute atomic E-state index is 9.94. The number of carbonyl (C=O) groups excluding carboxylic acids is 1. The molecule has 0 atom stereocenters. The molecule has 0 saturated carbocycles. The van der Waals surface area contributed by atoms with Crippen LogP contribution in [0.3, 0.4) is 0 Å². The number of rotatable bonds is 3. The van der Waals surface area contributed by atoms with Gasteiger partial charge in [-0.15, -0.1) is 0 Å². The standard InChI is InChI=1S/C7H6ClNO2.C7H8ClNO.Al.Li.4H/c8-5-2-1-3-6(9)7(5)11-4-10;8-6-2-1-3-7(9)5(6)4-10;;;;;;/h1-4H,9H2;1-3,10H,4,9H2;;;;;;/q;;;+1;;;;-1. The van der Waals surface area contributed by atoms with E-state index in [4.69, 9.17) is 39.8 Å². The summed E-state index contributed by atoms with van der Waals surface area (Å²) in [6, 6.07) is 10.0. The molecule has 2 aromatic carbocycles. The first-order valence-corrected chi connectivity index (χ1v) is 6.54. The van der Waals surface area contributed by atoms with E-state index in [9.17, 15) is 4.79 Å². The average Bonchev–Trinajstić information content (AvgIpc) is 2.44. The van der Waals surface area contributed by atoms with Crippen molar-refractivity contribution in [2.75, 3.05) is 11.5 Å². The molecule has 0 spiro atoms. The van der Waals surface area contributed by atoms with Crippen LogP contribution >= 0.6 is 23.2 Å². The fraction of sp³-hybridized carbons (Fsp3) is 0.0714. The van der Waals surface area contributed by atoms with Gasteiger partial charge >= 0.3 is 18.9 Å². The Kier molecular flexibility index (Phi) is 13.4. The summed E-state index contributed by atoms with van der Waals surface area (Å²) in [5, 5.41) is 9.58. The van der Waals surface area contributed by atoms with Gasteiger partial charge in [0.2, 0.25) is 0 Å². The minimum atomic E-state index is -0.106. The monoisotopic (exact) mass is 366 g/mol. The second-order valence-corrected chi connectivity index (χ2v) is 4.65. The molecule has 0 heterocycles. The molecule has 0 bridgehead atoms. The van der Waals surface area contributed by atoms with Gasteiger partial charge in [0.05, 0.1) is 17.3 Å². The van der Waals surface area contributed by atoms with Crippen molar-refractivity contribution < 1.29 is 34.9 Å². The Morgan fingerprint density at radius 1 is 1.09 bits per heavy atom. The van der Waals surface area contributed by atoms with Crippen molar-refractivity contribution in [2.24, 2.45) is 0 Å². The zero-order valence-corrected chi connectivity index (χ0v) is 13.4. The third-order valence-electron chi connectivity index (χ3n) is 2.48. The molecule has 2 aromatic rings. The van der Waals surface area contributed by atoms with Crippen molar-refractivity contribution in [3.63, 3.8) is 0 Å². The second-order valence-electron chi connectivity index (χ2n) is 3.84. The number of ether oxygens (including phenoxy) is 1. The van der Waals surface area contributed by atoms with Gasteiger partial charge in [-0.05, 0) is 24.3 Å². The molecule has 5 N–H and O–H groups in total. The first-order valence-electron chi connectivity index (χ1n) is 5.79. The molecule has 2 rings (SSSR count). The molecule has 0 fully saturated rings. The Morgan fingerprint density at radius 3 is 2.00 bits per heavy atom. The summed E-state index contributed by atoms with van der Waals surface area (Å²) in [6.07, 6.45) is 0. The summed E-state index contributed by atoms with van der Waals surface area (Å²) < 4.78 is 4.53. The molecule has 5 nitrogen and oxygen atoms in total. The molecule has 9 heteroatoms. The van der Waals surface area contributed by atoms with Gasteiger partial charge in [0, 0.05) is 16.3 Å². The number of aliphatic hydroxyl groups excluding tert-OH is 1. The number of nitrogens with two attached hydrogens (primary N) is 2. The number of halogens is 2. The number of nitrogen functional groups attached to an aromatic ring is 2. The molecule has 0 saturated heterocycles. The van der Waals surface area contributed by atoms with Crippen LogP contribution in [0.5, 0.6) is 5.75 Å². The fourth-order valence-corrected chi connectivity index (χ4v) is 1.91. The van der Waals surface area contributed by atoms with Gasteiger partial charge < -0.3 is 22.7 Å². The largest absolute Gasteiger partial charge is 1.00 e. The molecule has 0 aliphatic heterocycles. The van der Waals surface area contributed by atoms with Crippen LogP contribution in [0.2, 0.25) is 10.0 Å². The first-order chi connectivity index (χ1) is 10.0. The normalized spacial score (nSPS) is 8.65. The molecule has 0 aromatic heterocycles. The maximum atomic E-state index is 9.94. The van der Waals surface area contributed by atoms with Crippen molar-refractivity contribution >= 4 is 58.4 Å². The predicted molar refractivity (Wildman–Crippen MR) is 95.4 cm³/mol. The molecule has 0 amide bonds. The van der Waals surface area contributed by atoms with E-state index in [1.54, 1.807) is 36.4 Å². The van der Waals surface area contributed by atoms with E-state index in [1.807, 2.05) is 0 Å². The Balaban J connectivity index is -0.000000328. The van der Waals surface area contributed by atoms with Crippen LogP contribution in [0.4, 0.5) is 11.4 Å². The number of para-hydroxylation sites is 1. The average molecular weight is 367 g/mol. The smallest absolute Gasteiger partial charge is 1.00 e. The number of carbonyl (C=O) groups is 1. The molecule has 0 radical (unpaired) electrons. The molecule has 0 unspecified atom stereocenters. The van der Waals surface area contributed by atoms with Crippen LogP contribution in [-0.2, 0) is 11.4 Å². The quantitative estimate of drug-likeness (QED) is 0.360. The van der Waals surface area contributed by atoms with Gasteiger partial charge in [-0.2, -0.15) is 0 Å². The van der Waals surface area contributed by atoms with Crippen LogP contribution in [-0.4, -0.2) is 28.9 Å². The van der Waals surface area contributed by atoms with Gasteiger partial charge in [-0.3, -0.25) is 4.79 Å². The van der Waals surface area contributed by atoms with Gasteiger partial charge in [-0.1, -0.05) is 35.3 Å². The molecule has 0 aliphatic rings. The zero-order valence-electron chi connectivity index (χ0n) is 12.9. The molecular weight excluding hydrogens is 349 g/mol. The van der Waals surface area contributed by atoms with Crippen molar-refractivity contribution in [1.82, 2.24) is 0 Å². The van der Waals surface area contributed by atoms with Gasteiger partial charge in [0.25, 0.3) is 6.47 Å². The number of aliphatic hydroxyl groups is 1. The van der Waals surface area contributed by atoms with Crippen LogP contribution in [0, 0.1) is 0 Å². The van der Waals surface area contributed by atoms with E-state index in [0.717, 1.165) is 0 Å².